The van der Waals surface area contributed by atoms with Crippen molar-refractivity contribution in [3.63, 3.8) is 0 Å². The Morgan fingerprint density at radius 2 is 1.62 bits per heavy atom. The molecule has 1 amide bonds. The molecule has 1 atom stereocenters. The molecule has 2 aromatic rings. The molecule has 6 heteroatoms. The second kappa shape index (κ2) is 10.1. The molecule has 0 spiro atoms. The van der Waals surface area contributed by atoms with Crippen LogP contribution in [0.5, 0.6) is 5.75 Å². The van der Waals surface area contributed by atoms with E-state index < -0.39 is 12.1 Å². The van der Waals surface area contributed by atoms with Gasteiger partial charge in [0.25, 0.3) is 5.91 Å². The van der Waals surface area contributed by atoms with Crippen molar-refractivity contribution in [3.8, 4) is 5.75 Å². The highest BCUT2D eigenvalue weighted by molar-refractivity contribution is 5.94. The number of piperazine rings is 1. The van der Waals surface area contributed by atoms with Crippen LogP contribution in [0.2, 0.25) is 0 Å². The summed E-state index contributed by atoms with van der Waals surface area (Å²) in [6.45, 7) is 7.66. The molecule has 0 N–H and O–H groups in total. The Morgan fingerprint density at radius 3 is 2.31 bits per heavy atom. The molecule has 154 valence electrons. The first-order valence-corrected chi connectivity index (χ1v) is 10.1. The van der Waals surface area contributed by atoms with Crippen LogP contribution in [-0.4, -0.2) is 60.6 Å². The molecule has 0 aliphatic carbocycles. The average Bonchev–Trinajstić information content (AvgIpc) is 2.75. The van der Waals surface area contributed by atoms with Gasteiger partial charge in [-0.25, -0.2) is 4.79 Å². The molecule has 29 heavy (non-hydrogen) atoms. The number of rotatable bonds is 7. The van der Waals surface area contributed by atoms with Gasteiger partial charge in [-0.3, -0.25) is 9.69 Å². The van der Waals surface area contributed by atoms with E-state index in [1.807, 2.05) is 25.1 Å². The maximum absolute atomic E-state index is 12.7. The van der Waals surface area contributed by atoms with Gasteiger partial charge in [-0.2, -0.15) is 0 Å². The predicted octanol–water partition coefficient (Wildman–Crippen LogP) is 2.98. The van der Waals surface area contributed by atoms with Crippen LogP contribution in [-0.2, 0) is 16.1 Å². The van der Waals surface area contributed by atoms with Crippen LogP contribution >= 0.6 is 0 Å². The maximum Gasteiger partial charge on any atom is 0.342 e. The van der Waals surface area contributed by atoms with Gasteiger partial charge in [-0.05, 0) is 31.5 Å². The van der Waals surface area contributed by atoms with Gasteiger partial charge in [-0.1, -0.05) is 42.5 Å². The summed E-state index contributed by atoms with van der Waals surface area (Å²) >= 11 is 0. The van der Waals surface area contributed by atoms with Crippen molar-refractivity contribution in [2.45, 2.75) is 26.5 Å². The van der Waals surface area contributed by atoms with Crippen LogP contribution < -0.4 is 4.74 Å². The molecule has 0 bridgehead atoms. The molecule has 1 unspecified atom stereocenters. The lowest BCUT2D eigenvalue weighted by atomic mass is 10.2. The highest BCUT2D eigenvalue weighted by Crippen LogP contribution is 2.20. The van der Waals surface area contributed by atoms with Crippen molar-refractivity contribution in [2.75, 3.05) is 32.8 Å². The predicted molar refractivity (Wildman–Crippen MR) is 111 cm³/mol. The molecule has 0 saturated carbocycles. The lowest BCUT2D eigenvalue weighted by Crippen LogP contribution is -2.51. The van der Waals surface area contributed by atoms with Gasteiger partial charge in [0.1, 0.15) is 11.3 Å². The van der Waals surface area contributed by atoms with Gasteiger partial charge >= 0.3 is 5.97 Å². The summed E-state index contributed by atoms with van der Waals surface area (Å²) in [6.07, 6.45) is -0.835. The zero-order valence-electron chi connectivity index (χ0n) is 17.0. The van der Waals surface area contributed by atoms with E-state index in [9.17, 15) is 9.59 Å². The molecule has 1 saturated heterocycles. The lowest BCUT2D eigenvalue weighted by Gasteiger charge is -2.35. The summed E-state index contributed by atoms with van der Waals surface area (Å²) in [5.74, 6) is -0.238. The van der Waals surface area contributed by atoms with Crippen molar-refractivity contribution in [2.24, 2.45) is 0 Å². The number of carbonyl (C=O) groups excluding carboxylic acids is 2. The highest BCUT2D eigenvalue weighted by atomic mass is 16.5. The molecule has 1 fully saturated rings. The smallest absolute Gasteiger partial charge is 0.342 e. The Hall–Kier alpha value is -2.86. The van der Waals surface area contributed by atoms with Crippen molar-refractivity contribution in [3.05, 3.63) is 65.7 Å². The van der Waals surface area contributed by atoms with E-state index in [1.165, 1.54) is 5.56 Å². The number of hydrogen-bond acceptors (Lipinski definition) is 5. The number of esters is 1. The van der Waals surface area contributed by atoms with Crippen LogP contribution in [0.4, 0.5) is 0 Å². The van der Waals surface area contributed by atoms with Gasteiger partial charge in [0.2, 0.25) is 0 Å². The second-order valence-corrected chi connectivity index (χ2v) is 7.06. The number of amides is 1. The first-order chi connectivity index (χ1) is 14.1. The van der Waals surface area contributed by atoms with E-state index >= 15 is 0 Å². The first-order valence-electron chi connectivity index (χ1n) is 10.1. The van der Waals surface area contributed by atoms with Gasteiger partial charge in [0.15, 0.2) is 6.10 Å². The van der Waals surface area contributed by atoms with Crippen LogP contribution in [0.1, 0.15) is 29.8 Å². The van der Waals surface area contributed by atoms with Crippen molar-refractivity contribution < 1.29 is 19.1 Å². The largest absolute Gasteiger partial charge is 0.493 e. The second-order valence-electron chi connectivity index (χ2n) is 7.06. The van der Waals surface area contributed by atoms with Crippen molar-refractivity contribution in [1.29, 1.82) is 0 Å². The minimum atomic E-state index is -0.835. The summed E-state index contributed by atoms with van der Waals surface area (Å²) < 4.78 is 10.9. The SMILES string of the molecule is CCOc1ccccc1C(=O)OC(C)C(=O)N1CCN(Cc2ccccc2)CC1. The quantitative estimate of drug-likeness (QED) is 0.674. The average molecular weight is 396 g/mol. The van der Waals surface area contributed by atoms with E-state index in [-0.39, 0.29) is 5.91 Å². The molecular formula is C23H28N2O4. The van der Waals surface area contributed by atoms with Crippen molar-refractivity contribution in [1.82, 2.24) is 9.80 Å². The number of nitrogens with zero attached hydrogens (tertiary/aromatic N) is 2. The van der Waals surface area contributed by atoms with Gasteiger partial charge in [-0.15, -0.1) is 0 Å². The summed E-state index contributed by atoms with van der Waals surface area (Å²) in [4.78, 5) is 29.4. The van der Waals surface area contributed by atoms with Gasteiger partial charge < -0.3 is 14.4 Å². The first kappa shape index (κ1) is 20.9. The van der Waals surface area contributed by atoms with Gasteiger partial charge in [0.05, 0.1) is 6.61 Å². The fraction of sp³-hybridized carbons (Fsp3) is 0.391. The zero-order chi connectivity index (χ0) is 20.6. The van der Waals surface area contributed by atoms with E-state index in [4.69, 9.17) is 9.47 Å². The molecule has 0 aromatic heterocycles. The van der Waals surface area contributed by atoms with E-state index in [0.717, 1.165) is 19.6 Å². The van der Waals surface area contributed by atoms with Crippen LogP contribution in [0.3, 0.4) is 0 Å². The molecule has 1 heterocycles. The third-order valence-electron chi connectivity index (χ3n) is 4.97. The van der Waals surface area contributed by atoms with Crippen molar-refractivity contribution >= 4 is 11.9 Å². The number of ether oxygens (including phenoxy) is 2. The van der Waals surface area contributed by atoms with Crippen LogP contribution in [0.25, 0.3) is 0 Å². The minimum Gasteiger partial charge on any atom is -0.493 e. The number of hydrogen-bond donors (Lipinski definition) is 0. The molecule has 1 aliphatic rings. The summed E-state index contributed by atoms with van der Waals surface area (Å²) in [5, 5.41) is 0. The Labute approximate surface area is 172 Å². The van der Waals surface area contributed by atoms with Gasteiger partial charge in [0, 0.05) is 32.7 Å². The molecule has 0 radical (unpaired) electrons. The summed E-state index contributed by atoms with van der Waals surface area (Å²) in [6, 6.07) is 17.2. The zero-order valence-corrected chi connectivity index (χ0v) is 17.0. The number of benzene rings is 2. The fourth-order valence-electron chi connectivity index (χ4n) is 3.42. The monoisotopic (exact) mass is 396 g/mol. The Morgan fingerprint density at radius 1 is 0.966 bits per heavy atom. The Balaban J connectivity index is 1.51. The Bertz CT molecular complexity index is 817. The standard InChI is InChI=1S/C23H28N2O4/c1-3-28-21-12-8-7-11-20(21)23(27)29-18(2)22(26)25-15-13-24(14-16-25)17-19-9-5-4-6-10-19/h4-12,18H,3,13-17H2,1-2H3. The molecule has 6 nitrogen and oxygen atoms in total. The molecular weight excluding hydrogens is 368 g/mol. The van der Waals surface area contributed by atoms with Crippen LogP contribution in [0.15, 0.2) is 54.6 Å². The van der Waals surface area contributed by atoms with E-state index in [2.05, 4.69) is 17.0 Å². The van der Waals surface area contributed by atoms with E-state index in [1.54, 1.807) is 36.1 Å². The summed E-state index contributed by atoms with van der Waals surface area (Å²) in [7, 11) is 0. The summed E-state index contributed by atoms with van der Waals surface area (Å²) in [5.41, 5.74) is 1.60. The topological polar surface area (TPSA) is 59.1 Å². The third-order valence-corrected chi connectivity index (χ3v) is 4.97. The van der Waals surface area contributed by atoms with Crippen LogP contribution in [0, 0.1) is 0 Å². The normalized spacial score (nSPS) is 15.6. The molecule has 3 rings (SSSR count). The maximum atomic E-state index is 12.7. The van der Waals surface area contributed by atoms with E-state index in [0.29, 0.717) is 31.0 Å². The molecule has 1 aliphatic heterocycles. The number of carbonyl (C=O) groups is 2. The number of para-hydroxylation sites is 1. The fourth-order valence-corrected chi connectivity index (χ4v) is 3.42. The third kappa shape index (κ3) is 5.57. The minimum absolute atomic E-state index is 0.161. The molecule has 2 aromatic carbocycles. The lowest BCUT2D eigenvalue weighted by molar-refractivity contribution is -0.141. The highest BCUT2D eigenvalue weighted by Gasteiger charge is 2.28. The Kier molecular flexibility index (Phi) is 7.25.